The van der Waals surface area contributed by atoms with E-state index in [1.54, 1.807) is 11.1 Å². The highest BCUT2D eigenvalue weighted by Gasteiger charge is 2.77. The second kappa shape index (κ2) is 10.8. The number of thiophene rings is 1. The minimum absolute atomic E-state index is 0.132. The molecule has 6 aliphatic carbocycles. The second-order valence-corrected chi connectivity index (χ2v) is 21.0. The van der Waals surface area contributed by atoms with Crippen molar-refractivity contribution in [3.05, 3.63) is 150 Å². The largest absolute Gasteiger partial charge is 0.310 e. The van der Waals surface area contributed by atoms with Crippen LogP contribution < -0.4 is 4.90 Å². The average molecular weight is 744 g/mol. The van der Waals surface area contributed by atoms with E-state index in [0.717, 1.165) is 35.5 Å². The van der Waals surface area contributed by atoms with Crippen LogP contribution in [0, 0.1) is 35.5 Å². The Morgan fingerprint density at radius 2 is 1.11 bits per heavy atom. The van der Waals surface area contributed by atoms with Gasteiger partial charge in [-0.25, -0.2) is 0 Å². The SMILES string of the molecule is CC1(C)CCC(C)(C)c2cc(N(c3ccc(-c4ccc5c(c4)C4(c6ccccc6-5)C5CC6CC7CC4C6C75)cc3)c3ccc4sc5ccccc5c4c3)ccc21. The number of benzene rings is 6. The van der Waals surface area contributed by atoms with Crippen LogP contribution in [-0.4, -0.2) is 0 Å². The van der Waals surface area contributed by atoms with E-state index in [1.165, 1.54) is 103 Å². The number of nitrogens with zero attached hydrogens (tertiary/aromatic N) is 1. The zero-order chi connectivity index (χ0) is 37.3. The number of rotatable bonds is 4. The van der Waals surface area contributed by atoms with Crippen LogP contribution in [0.2, 0.25) is 0 Å². The van der Waals surface area contributed by atoms with Crippen molar-refractivity contribution in [3.8, 4) is 22.3 Å². The predicted octanol–water partition coefficient (Wildman–Crippen LogP) is 14.7. The third-order valence-corrected chi connectivity index (χ3v) is 17.8. The molecule has 0 aliphatic heterocycles. The fourth-order valence-electron chi connectivity index (χ4n) is 14.4. The molecule has 0 saturated heterocycles. The van der Waals surface area contributed by atoms with Crippen LogP contribution in [0.3, 0.4) is 0 Å². The van der Waals surface area contributed by atoms with E-state index in [0.29, 0.717) is 0 Å². The monoisotopic (exact) mass is 743 g/mol. The Morgan fingerprint density at radius 3 is 1.91 bits per heavy atom. The molecule has 0 N–H and O–H groups in total. The molecule has 6 bridgehead atoms. The van der Waals surface area contributed by atoms with Gasteiger partial charge in [-0.15, -0.1) is 11.3 Å². The topological polar surface area (TPSA) is 3.24 Å². The molecule has 0 amide bonds. The molecule has 276 valence electrons. The smallest absolute Gasteiger partial charge is 0.0468 e. The van der Waals surface area contributed by atoms with Crippen molar-refractivity contribution >= 4 is 48.6 Å². The van der Waals surface area contributed by atoms with Gasteiger partial charge >= 0.3 is 0 Å². The molecule has 4 saturated carbocycles. The summed E-state index contributed by atoms with van der Waals surface area (Å²) >= 11 is 1.89. The summed E-state index contributed by atoms with van der Waals surface area (Å²) in [7, 11) is 0. The standard InChI is InChI=1S/C54H49NS/c1-52(2)23-24-53(3,4)45-30-37(18-21-43(45)52)55(36-19-22-49-41(29-36)40-10-6-8-12-48(40)56-49)35-16-13-31(14-17-35)32-15-20-39-38-9-5-7-11-42(38)54(44(39)26-32)46-27-33-25-34-28-47(54)50(33)51(34)46/h5-22,26,29-30,33-34,46-47,50-51H,23-25,27-28H2,1-4H3. The molecule has 1 heterocycles. The lowest BCUT2D eigenvalue weighted by molar-refractivity contribution is 0.0642. The Bertz CT molecular complexity index is 2780. The molecule has 6 aromatic carbocycles. The van der Waals surface area contributed by atoms with Gasteiger partial charge in [0.1, 0.15) is 0 Å². The van der Waals surface area contributed by atoms with Crippen LogP contribution in [0.4, 0.5) is 17.1 Å². The van der Waals surface area contributed by atoms with Crippen LogP contribution in [0.25, 0.3) is 42.4 Å². The van der Waals surface area contributed by atoms with E-state index in [1.807, 2.05) is 11.3 Å². The van der Waals surface area contributed by atoms with Gasteiger partial charge in [0.25, 0.3) is 0 Å². The summed E-state index contributed by atoms with van der Waals surface area (Å²) in [6.45, 7) is 9.74. The first kappa shape index (κ1) is 32.4. The van der Waals surface area contributed by atoms with Crippen molar-refractivity contribution in [3.63, 3.8) is 0 Å². The van der Waals surface area contributed by atoms with Gasteiger partial charge < -0.3 is 4.90 Å². The molecule has 4 fully saturated rings. The van der Waals surface area contributed by atoms with Gasteiger partial charge in [-0.2, -0.15) is 0 Å². The van der Waals surface area contributed by atoms with Crippen molar-refractivity contribution < 1.29 is 0 Å². The van der Waals surface area contributed by atoms with Crippen molar-refractivity contribution in [2.75, 3.05) is 4.90 Å². The molecule has 1 aromatic heterocycles. The maximum absolute atomic E-state index is 2.65. The highest BCUT2D eigenvalue weighted by atomic mass is 32.1. The molecule has 0 radical (unpaired) electrons. The van der Waals surface area contributed by atoms with Crippen LogP contribution >= 0.6 is 11.3 Å². The molecule has 6 aliphatic rings. The van der Waals surface area contributed by atoms with Gasteiger partial charge in [0, 0.05) is 42.6 Å². The van der Waals surface area contributed by atoms with Gasteiger partial charge in [0.05, 0.1) is 0 Å². The van der Waals surface area contributed by atoms with Crippen molar-refractivity contribution in [1.82, 2.24) is 0 Å². The molecule has 13 rings (SSSR count). The van der Waals surface area contributed by atoms with Gasteiger partial charge in [0.15, 0.2) is 0 Å². The highest BCUT2D eigenvalue weighted by molar-refractivity contribution is 7.25. The minimum atomic E-state index is 0.132. The first-order valence-electron chi connectivity index (χ1n) is 21.4. The maximum Gasteiger partial charge on any atom is 0.0468 e. The number of hydrogen-bond donors (Lipinski definition) is 0. The van der Waals surface area contributed by atoms with E-state index in [9.17, 15) is 0 Å². The molecular weight excluding hydrogens is 695 g/mol. The Kier molecular flexibility index (Phi) is 6.28. The predicted molar refractivity (Wildman–Crippen MR) is 236 cm³/mol. The second-order valence-electron chi connectivity index (χ2n) is 19.9. The van der Waals surface area contributed by atoms with E-state index in [4.69, 9.17) is 0 Å². The summed E-state index contributed by atoms with van der Waals surface area (Å²) in [5.74, 6) is 5.58. The van der Waals surface area contributed by atoms with Crippen molar-refractivity contribution in [2.45, 2.75) is 76.0 Å². The Balaban J connectivity index is 0.938. The summed E-state index contributed by atoms with van der Waals surface area (Å²) in [4.78, 5) is 2.51. The molecule has 56 heavy (non-hydrogen) atoms. The summed E-state index contributed by atoms with van der Waals surface area (Å²) < 4.78 is 2.69. The minimum Gasteiger partial charge on any atom is -0.310 e. The quantitative estimate of drug-likeness (QED) is 0.174. The summed E-state index contributed by atoms with van der Waals surface area (Å²) in [5.41, 5.74) is 16.2. The molecule has 1 nitrogen and oxygen atoms in total. The number of anilines is 3. The summed E-state index contributed by atoms with van der Waals surface area (Å²) in [6, 6.07) is 49.9. The molecule has 1 spiro atoms. The van der Waals surface area contributed by atoms with E-state index < -0.39 is 0 Å². The Morgan fingerprint density at radius 1 is 0.482 bits per heavy atom. The lowest BCUT2D eigenvalue weighted by Crippen LogP contribution is -2.48. The fraction of sp³-hybridized carbons (Fsp3) is 0.333. The zero-order valence-corrected chi connectivity index (χ0v) is 33.8. The summed E-state index contributed by atoms with van der Waals surface area (Å²) in [5, 5.41) is 2.68. The van der Waals surface area contributed by atoms with Crippen molar-refractivity contribution in [2.24, 2.45) is 35.5 Å². The lowest BCUT2D eigenvalue weighted by atomic mass is 9.51. The van der Waals surface area contributed by atoms with Gasteiger partial charge in [-0.05, 0) is 178 Å². The summed E-state index contributed by atoms with van der Waals surface area (Å²) in [6.07, 6.45) is 6.85. The molecule has 6 unspecified atom stereocenters. The zero-order valence-electron chi connectivity index (χ0n) is 33.0. The van der Waals surface area contributed by atoms with Crippen LogP contribution in [0.5, 0.6) is 0 Å². The van der Waals surface area contributed by atoms with Crippen LogP contribution in [0.1, 0.15) is 82.1 Å². The highest BCUT2D eigenvalue weighted by Crippen LogP contribution is 2.82. The van der Waals surface area contributed by atoms with Crippen molar-refractivity contribution in [1.29, 1.82) is 0 Å². The Hall–Kier alpha value is -4.66. The normalized spacial score (nSPS) is 29.1. The molecule has 7 aromatic rings. The molecule has 6 atom stereocenters. The number of hydrogen-bond acceptors (Lipinski definition) is 2. The van der Waals surface area contributed by atoms with E-state index in [-0.39, 0.29) is 16.2 Å². The maximum atomic E-state index is 2.65. The Labute approximate surface area is 335 Å². The van der Waals surface area contributed by atoms with Gasteiger partial charge in [0.2, 0.25) is 0 Å². The fourth-order valence-corrected chi connectivity index (χ4v) is 15.5. The lowest BCUT2D eigenvalue weighted by Gasteiger charge is -2.52. The van der Waals surface area contributed by atoms with Gasteiger partial charge in [-0.1, -0.05) is 100 Å². The molecular formula is C54H49NS. The van der Waals surface area contributed by atoms with E-state index >= 15 is 0 Å². The third-order valence-electron chi connectivity index (χ3n) is 16.7. The molecule has 2 heteroatoms. The van der Waals surface area contributed by atoms with Crippen LogP contribution in [-0.2, 0) is 16.2 Å². The first-order valence-corrected chi connectivity index (χ1v) is 22.2. The van der Waals surface area contributed by atoms with Gasteiger partial charge in [-0.3, -0.25) is 0 Å². The first-order chi connectivity index (χ1) is 27.2. The van der Waals surface area contributed by atoms with Crippen LogP contribution in [0.15, 0.2) is 127 Å². The van der Waals surface area contributed by atoms with E-state index in [2.05, 4.69) is 160 Å². The third kappa shape index (κ3) is 4.02. The number of fused-ring (bicyclic) bond motifs is 11. The average Bonchev–Trinajstić information content (AvgIpc) is 4.06.